The van der Waals surface area contributed by atoms with Crippen LogP contribution in [0.3, 0.4) is 0 Å². The molecule has 1 aromatic heterocycles. The zero-order valence-corrected chi connectivity index (χ0v) is 8.09. The number of nitrogens with one attached hydrogen (secondary N) is 1. The largest absolute Gasteiger partial charge is 0.381 e. The third-order valence-electron chi connectivity index (χ3n) is 3.05. The van der Waals surface area contributed by atoms with E-state index in [0.717, 1.165) is 42.6 Å². The zero-order chi connectivity index (χ0) is 8.67. The molecule has 3 rings (SSSR count). The number of hydrogen-bond donors (Lipinski definition) is 1. The molecule has 70 valence electrons. The molecule has 1 aliphatic carbocycles. The summed E-state index contributed by atoms with van der Waals surface area (Å²) in [5, 5.41) is 6.41. The van der Waals surface area contributed by atoms with E-state index in [1.165, 1.54) is 0 Å². The molecular formula is C9H12N2OS. The number of rotatable bonds is 3. The second kappa shape index (κ2) is 2.96. The Morgan fingerprint density at radius 2 is 2.38 bits per heavy atom. The van der Waals surface area contributed by atoms with E-state index in [0.29, 0.717) is 0 Å². The molecule has 0 aromatic carbocycles. The van der Waals surface area contributed by atoms with Gasteiger partial charge in [0.1, 0.15) is 0 Å². The molecule has 0 bridgehead atoms. The Hall–Kier alpha value is -0.610. The Morgan fingerprint density at radius 3 is 3.08 bits per heavy atom. The van der Waals surface area contributed by atoms with Crippen LogP contribution in [0.2, 0.25) is 0 Å². The van der Waals surface area contributed by atoms with Crippen molar-refractivity contribution in [3.05, 3.63) is 11.6 Å². The molecule has 1 saturated carbocycles. The second-order valence-electron chi connectivity index (χ2n) is 3.75. The van der Waals surface area contributed by atoms with Gasteiger partial charge in [-0.2, -0.15) is 0 Å². The van der Waals surface area contributed by atoms with Gasteiger partial charge in [-0.1, -0.05) is 0 Å². The SMILES string of the molecule is c1csc(NCC2C3COCC23)n1. The Labute approximate surface area is 81.1 Å². The molecule has 2 unspecified atom stereocenters. The van der Waals surface area contributed by atoms with Crippen molar-refractivity contribution in [3.8, 4) is 0 Å². The van der Waals surface area contributed by atoms with Crippen LogP contribution in [0, 0.1) is 17.8 Å². The molecule has 0 spiro atoms. The van der Waals surface area contributed by atoms with Crippen LogP contribution in [0.25, 0.3) is 0 Å². The van der Waals surface area contributed by atoms with E-state index in [2.05, 4.69) is 10.3 Å². The molecule has 0 radical (unpaired) electrons. The van der Waals surface area contributed by atoms with Crippen LogP contribution in [-0.4, -0.2) is 24.7 Å². The number of ether oxygens (including phenoxy) is 1. The molecule has 1 aromatic rings. The number of thiazole rings is 1. The lowest BCUT2D eigenvalue weighted by atomic mass is 10.3. The van der Waals surface area contributed by atoms with Crippen molar-refractivity contribution in [2.45, 2.75) is 0 Å². The van der Waals surface area contributed by atoms with Gasteiger partial charge >= 0.3 is 0 Å². The topological polar surface area (TPSA) is 34.1 Å². The van der Waals surface area contributed by atoms with Crippen molar-refractivity contribution in [1.29, 1.82) is 0 Å². The van der Waals surface area contributed by atoms with Gasteiger partial charge in [-0.25, -0.2) is 4.98 Å². The van der Waals surface area contributed by atoms with Crippen molar-refractivity contribution in [2.75, 3.05) is 25.1 Å². The Morgan fingerprint density at radius 1 is 1.54 bits per heavy atom. The molecule has 13 heavy (non-hydrogen) atoms. The van der Waals surface area contributed by atoms with Crippen molar-refractivity contribution < 1.29 is 4.74 Å². The molecule has 2 aliphatic rings. The predicted octanol–water partition coefficient (Wildman–Crippen LogP) is 1.45. The minimum absolute atomic E-state index is 0.840. The van der Waals surface area contributed by atoms with Crippen LogP contribution in [0.4, 0.5) is 5.13 Å². The van der Waals surface area contributed by atoms with E-state index in [9.17, 15) is 0 Å². The predicted molar refractivity (Wildman–Crippen MR) is 51.9 cm³/mol. The number of nitrogens with zero attached hydrogens (tertiary/aromatic N) is 1. The summed E-state index contributed by atoms with van der Waals surface area (Å²) in [5.74, 6) is 2.53. The van der Waals surface area contributed by atoms with Gasteiger partial charge in [0, 0.05) is 18.1 Å². The van der Waals surface area contributed by atoms with Gasteiger partial charge < -0.3 is 10.1 Å². The van der Waals surface area contributed by atoms with Crippen LogP contribution >= 0.6 is 11.3 Å². The lowest BCUT2D eigenvalue weighted by Gasteiger charge is -2.04. The molecule has 1 N–H and O–H groups in total. The monoisotopic (exact) mass is 196 g/mol. The maximum absolute atomic E-state index is 5.33. The molecule has 2 heterocycles. The fraction of sp³-hybridized carbons (Fsp3) is 0.667. The number of hydrogen-bond acceptors (Lipinski definition) is 4. The first kappa shape index (κ1) is 7.76. The van der Waals surface area contributed by atoms with Crippen molar-refractivity contribution in [3.63, 3.8) is 0 Å². The average molecular weight is 196 g/mol. The summed E-state index contributed by atoms with van der Waals surface area (Å²) in [4.78, 5) is 4.19. The highest BCUT2D eigenvalue weighted by molar-refractivity contribution is 7.13. The van der Waals surface area contributed by atoms with E-state index in [4.69, 9.17) is 4.74 Å². The highest BCUT2D eigenvalue weighted by Crippen LogP contribution is 2.50. The molecule has 0 amide bonds. The summed E-state index contributed by atoms with van der Waals surface area (Å²) in [6, 6.07) is 0. The first-order chi connectivity index (χ1) is 6.45. The van der Waals surface area contributed by atoms with E-state index >= 15 is 0 Å². The Balaban J connectivity index is 1.50. The summed E-state index contributed by atoms with van der Waals surface area (Å²) in [6.45, 7) is 3.04. The zero-order valence-electron chi connectivity index (χ0n) is 7.27. The van der Waals surface area contributed by atoms with Crippen LogP contribution in [0.15, 0.2) is 11.6 Å². The summed E-state index contributed by atoms with van der Waals surface area (Å²) in [7, 11) is 0. The fourth-order valence-electron chi connectivity index (χ4n) is 2.18. The van der Waals surface area contributed by atoms with Crippen LogP contribution in [0.1, 0.15) is 0 Å². The summed E-state index contributed by atoms with van der Waals surface area (Å²) in [5.41, 5.74) is 0. The molecule has 1 aliphatic heterocycles. The summed E-state index contributed by atoms with van der Waals surface area (Å²) >= 11 is 1.67. The number of fused-ring (bicyclic) bond motifs is 1. The fourth-order valence-corrected chi connectivity index (χ4v) is 2.72. The Kier molecular flexibility index (Phi) is 1.77. The molecule has 4 heteroatoms. The van der Waals surface area contributed by atoms with E-state index in [1.54, 1.807) is 11.3 Å². The Bertz CT molecular complexity index is 278. The van der Waals surface area contributed by atoms with E-state index in [1.807, 2.05) is 11.6 Å². The lowest BCUT2D eigenvalue weighted by Crippen LogP contribution is -2.09. The average Bonchev–Trinajstić information content (AvgIpc) is 2.68. The highest BCUT2D eigenvalue weighted by Gasteiger charge is 2.53. The van der Waals surface area contributed by atoms with Crippen LogP contribution in [-0.2, 0) is 4.74 Å². The van der Waals surface area contributed by atoms with E-state index in [-0.39, 0.29) is 0 Å². The minimum atomic E-state index is 0.840. The van der Waals surface area contributed by atoms with Gasteiger partial charge in [0.15, 0.2) is 5.13 Å². The van der Waals surface area contributed by atoms with Gasteiger partial charge in [0.25, 0.3) is 0 Å². The normalized spacial score (nSPS) is 35.8. The summed E-state index contributed by atoms with van der Waals surface area (Å²) in [6.07, 6.45) is 1.84. The maximum atomic E-state index is 5.33. The number of anilines is 1. The molecule has 2 fully saturated rings. The third kappa shape index (κ3) is 1.34. The van der Waals surface area contributed by atoms with Crippen LogP contribution in [0.5, 0.6) is 0 Å². The lowest BCUT2D eigenvalue weighted by molar-refractivity contribution is 0.153. The van der Waals surface area contributed by atoms with Crippen molar-refractivity contribution >= 4 is 16.5 Å². The summed E-state index contributed by atoms with van der Waals surface area (Å²) < 4.78 is 5.33. The third-order valence-corrected chi connectivity index (χ3v) is 3.78. The molecule has 1 saturated heterocycles. The second-order valence-corrected chi connectivity index (χ2v) is 4.64. The number of aromatic nitrogens is 1. The highest BCUT2D eigenvalue weighted by atomic mass is 32.1. The molecule has 2 atom stereocenters. The van der Waals surface area contributed by atoms with Gasteiger partial charge in [-0.3, -0.25) is 0 Å². The van der Waals surface area contributed by atoms with Crippen molar-refractivity contribution in [2.24, 2.45) is 17.8 Å². The van der Waals surface area contributed by atoms with Crippen LogP contribution < -0.4 is 5.32 Å². The van der Waals surface area contributed by atoms with E-state index < -0.39 is 0 Å². The van der Waals surface area contributed by atoms with Crippen molar-refractivity contribution in [1.82, 2.24) is 4.98 Å². The quantitative estimate of drug-likeness (QED) is 0.794. The smallest absolute Gasteiger partial charge is 0.182 e. The van der Waals surface area contributed by atoms with Gasteiger partial charge in [0.2, 0.25) is 0 Å². The van der Waals surface area contributed by atoms with Gasteiger partial charge in [-0.15, -0.1) is 11.3 Å². The van der Waals surface area contributed by atoms with Gasteiger partial charge in [0.05, 0.1) is 13.2 Å². The first-order valence-electron chi connectivity index (χ1n) is 4.66. The standard InChI is InChI=1S/C9H12N2OS/c1-2-13-9(10-1)11-3-6-7-4-12-5-8(6)7/h1-2,6-8H,3-5H2,(H,10,11). The molecular weight excluding hydrogens is 184 g/mol. The minimum Gasteiger partial charge on any atom is -0.381 e. The molecule has 3 nitrogen and oxygen atoms in total. The van der Waals surface area contributed by atoms with Gasteiger partial charge in [-0.05, 0) is 17.8 Å². The first-order valence-corrected chi connectivity index (χ1v) is 5.54. The maximum Gasteiger partial charge on any atom is 0.182 e.